The van der Waals surface area contributed by atoms with Crippen LogP contribution in [0.5, 0.6) is 0 Å². The molecule has 2 aromatic carbocycles. The minimum absolute atomic E-state index is 0.146. The Kier molecular flexibility index (Phi) is 6.35. The van der Waals surface area contributed by atoms with Crippen LogP contribution in [0, 0.1) is 10.1 Å². The van der Waals surface area contributed by atoms with Crippen LogP contribution in [0.2, 0.25) is 0 Å². The van der Waals surface area contributed by atoms with Gasteiger partial charge in [0.25, 0.3) is 5.69 Å². The summed E-state index contributed by atoms with van der Waals surface area (Å²) < 4.78 is 0. The highest BCUT2D eigenvalue weighted by Gasteiger charge is 2.13. The number of nitrogens with zero attached hydrogens (tertiary/aromatic N) is 2. The number of hydrogen-bond acceptors (Lipinski definition) is 5. The second-order valence-corrected chi connectivity index (χ2v) is 5.01. The van der Waals surface area contributed by atoms with Gasteiger partial charge in [0.15, 0.2) is 0 Å². The molecular formula is C17H16N4O4. The minimum atomic E-state index is -0.942. The number of hydrazone groups is 1. The fraction of sp³-hybridized carbons (Fsp3) is 0.118. The lowest BCUT2D eigenvalue weighted by Crippen LogP contribution is -2.38. The molecule has 0 aliphatic heterocycles. The zero-order chi connectivity index (χ0) is 18.1. The molecule has 25 heavy (non-hydrogen) atoms. The van der Waals surface area contributed by atoms with Crippen LogP contribution in [-0.4, -0.2) is 29.5 Å². The molecule has 0 aromatic heterocycles. The van der Waals surface area contributed by atoms with Gasteiger partial charge < -0.3 is 5.32 Å². The highest BCUT2D eigenvalue weighted by Crippen LogP contribution is 2.14. The first kappa shape index (κ1) is 17.8. The van der Waals surface area contributed by atoms with Gasteiger partial charge in [-0.3, -0.25) is 19.7 Å². The molecule has 0 fully saturated rings. The highest BCUT2D eigenvalue weighted by molar-refractivity contribution is 6.35. The summed E-state index contributed by atoms with van der Waals surface area (Å²) in [4.78, 5) is 33.6. The van der Waals surface area contributed by atoms with E-state index in [0.29, 0.717) is 13.0 Å². The number of benzene rings is 2. The van der Waals surface area contributed by atoms with E-state index in [1.165, 1.54) is 18.2 Å². The predicted molar refractivity (Wildman–Crippen MR) is 92.0 cm³/mol. The highest BCUT2D eigenvalue weighted by atomic mass is 16.6. The van der Waals surface area contributed by atoms with E-state index in [9.17, 15) is 19.7 Å². The molecule has 128 valence electrons. The Labute approximate surface area is 143 Å². The molecule has 8 nitrogen and oxygen atoms in total. The van der Waals surface area contributed by atoms with Crippen molar-refractivity contribution < 1.29 is 14.5 Å². The van der Waals surface area contributed by atoms with E-state index in [1.54, 1.807) is 6.07 Å². The van der Waals surface area contributed by atoms with Gasteiger partial charge in [0.2, 0.25) is 0 Å². The van der Waals surface area contributed by atoms with Crippen molar-refractivity contribution in [1.29, 1.82) is 0 Å². The van der Waals surface area contributed by atoms with E-state index < -0.39 is 16.7 Å². The fourth-order valence-corrected chi connectivity index (χ4v) is 2.02. The van der Waals surface area contributed by atoms with Crippen LogP contribution < -0.4 is 10.7 Å². The van der Waals surface area contributed by atoms with Crippen molar-refractivity contribution in [3.63, 3.8) is 0 Å². The molecule has 2 aromatic rings. The molecule has 0 atom stereocenters. The minimum Gasteiger partial charge on any atom is -0.347 e. The number of carbonyl (C=O) groups excluding carboxylic acids is 2. The van der Waals surface area contributed by atoms with Crippen molar-refractivity contribution in [2.45, 2.75) is 6.42 Å². The summed E-state index contributed by atoms with van der Waals surface area (Å²) in [5, 5.41) is 16.9. The molecule has 0 unspecified atom stereocenters. The monoisotopic (exact) mass is 340 g/mol. The van der Waals surface area contributed by atoms with E-state index in [1.807, 2.05) is 35.8 Å². The maximum absolute atomic E-state index is 11.6. The van der Waals surface area contributed by atoms with Crippen molar-refractivity contribution >= 4 is 23.7 Å². The van der Waals surface area contributed by atoms with Crippen molar-refractivity contribution in [3.05, 3.63) is 75.8 Å². The van der Waals surface area contributed by atoms with Gasteiger partial charge in [-0.2, -0.15) is 5.10 Å². The fourth-order valence-electron chi connectivity index (χ4n) is 2.02. The lowest BCUT2D eigenvalue weighted by Gasteiger charge is -2.04. The molecule has 8 heteroatoms. The van der Waals surface area contributed by atoms with Gasteiger partial charge in [-0.25, -0.2) is 5.43 Å². The van der Waals surface area contributed by atoms with Gasteiger partial charge in [0.05, 0.1) is 16.7 Å². The average molecular weight is 340 g/mol. The normalized spacial score (nSPS) is 10.4. The molecule has 0 saturated carbocycles. The van der Waals surface area contributed by atoms with E-state index >= 15 is 0 Å². The van der Waals surface area contributed by atoms with Gasteiger partial charge in [0, 0.05) is 12.6 Å². The Hall–Kier alpha value is -3.55. The van der Waals surface area contributed by atoms with E-state index in [0.717, 1.165) is 11.8 Å². The maximum atomic E-state index is 11.6. The Balaban J connectivity index is 1.81. The number of nitro benzene ring substituents is 1. The summed E-state index contributed by atoms with van der Waals surface area (Å²) in [7, 11) is 0. The summed E-state index contributed by atoms with van der Waals surface area (Å²) in [6.07, 6.45) is 1.71. The van der Waals surface area contributed by atoms with Gasteiger partial charge in [0.1, 0.15) is 0 Å². The summed E-state index contributed by atoms with van der Waals surface area (Å²) >= 11 is 0. The third-order valence-corrected chi connectivity index (χ3v) is 3.25. The number of para-hydroxylation sites is 1. The largest absolute Gasteiger partial charge is 0.347 e. The molecule has 0 aliphatic rings. The molecule has 2 N–H and O–H groups in total. The maximum Gasteiger partial charge on any atom is 0.329 e. The summed E-state index contributed by atoms with van der Waals surface area (Å²) in [5.41, 5.74) is 3.16. The summed E-state index contributed by atoms with van der Waals surface area (Å²) in [6.45, 7) is 0.310. The Bertz CT molecular complexity index is 790. The van der Waals surface area contributed by atoms with Gasteiger partial charge in [-0.1, -0.05) is 42.5 Å². The molecule has 0 saturated heterocycles. The lowest BCUT2D eigenvalue weighted by atomic mass is 10.1. The number of nitrogens with one attached hydrogen (secondary N) is 2. The van der Waals surface area contributed by atoms with Crippen molar-refractivity contribution in [2.24, 2.45) is 5.10 Å². The summed E-state index contributed by atoms with van der Waals surface area (Å²) in [5.74, 6) is -1.77. The molecule has 0 radical (unpaired) electrons. The van der Waals surface area contributed by atoms with Gasteiger partial charge >= 0.3 is 11.8 Å². The Morgan fingerprint density at radius 2 is 1.72 bits per heavy atom. The molecule has 2 amide bonds. The smallest absolute Gasteiger partial charge is 0.329 e. The molecule has 2 rings (SSSR count). The zero-order valence-electron chi connectivity index (χ0n) is 13.2. The summed E-state index contributed by atoms with van der Waals surface area (Å²) in [6, 6.07) is 15.4. The Morgan fingerprint density at radius 1 is 1.04 bits per heavy atom. The van der Waals surface area contributed by atoms with E-state index in [4.69, 9.17) is 0 Å². The van der Waals surface area contributed by atoms with Crippen molar-refractivity contribution in [2.75, 3.05) is 6.54 Å². The van der Waals surface area contributed by atoms with Crippen molar-refractivity contribution in [1.82, 2.24) is 10.7 Å². The van der Waals surface area contributed by atoms with Gasteiger partial charge in [-0.05, 0) is 18.1 Å². The number of hydrogen-bond donors (Lipinski definition) is 2. The average Bonchev–Trinajstić information content (AvgIpc) is 2.62. The first-order chi connectivity index (χ1) is 12.1. The predicted octanol–water partition coefficient (Wildman–Crippen LogP) is 1.40. The lowest BCUT2D eigenvalue weighted by molar-refractivity contribution is -0.385. The molecular weight excluding hydrogens is 324 g/mol. The standard InChI is InChI=1S/C17H16N4O4/c22-16(18-11-10-13-6-2-1-3-7-13)17(23)20-19-12-14-8-4-5-9-15(14)21(24)25/h1-9,12H,10-11H2,(H,18,22)(H,20,23). The van der Waals surface area contributed by atoms with Crippen LogP contribution >= 0.6 is 0 Å². The molecule has 0 aliphatic carbocycles. The second kappa shape index (κ2) is 8.92. The third kappa shape index (κ3) is 5.54. The van der Waals surface area contributed by atoms with Crippen LogP contribution in [-0.2, 0) is 16.0 Å². The third-order valence-electron chi connectivity index (χ3n) is 3.25. The SMILES string of the molecule is O=C(NCCc1ccccc1)C(=O)NN=Cc1ccccc1[N+](=O)[O-]. The number of rotatable bonds is 6. The first-order valence-electron chi connectivity index (χ1n) is 7.46. The van der Waals surface area contributed by atoms with Gasteiger partial charge in [-0.15, -0.1) is 0 Å². The number of amides is 2. The van der Waals surface area contributed by atoms with Crippen LogP contribution in [0.4, 0.5) is 5.69 Å². The van der Waals surface area contributed by atoms with Crippen LogP contribution in [0.25, 0.3) is 0 Å². The van der Waals surface area contributed by atoms with Crippen LogP contribution in [0.1, 0.15) is 11.1 Å². The first-order valence-corrected chi connectivity index (χ1v) is 7.46. The second-order valence-electron chi connectivity index (χ2n) is 5.01. The van der Waals surface area contributed by atoms with E-state index in [2.05, 4.69) is 10.4 Å². The quantitative estimate of drug-likeness (QED) is 0.358. The van der Waals surface area contributed by atoms with E-state index in [-0.39, 0.29) is 11.3 Å². The molecule has 0 heterocycles. The number of carbonyl (C=O) groups is 2. The molecule has 0 spiro atoms. The van der Waals surface area contributed by atoms with Crippen LogP contribution in [0.15, 0.2) is 59.7 Å². The zero-order valence-corrected chi connectivity index (χ0v) is 13.2. The van der Waals surface area contributed by atoms with Crippen molar-refractivity contribution in [3.8, 4) is 0 Å². The number of nitro groups is 1. The topological polar surface area (TPSA) is 114 Å². The molecule has 0 bridgehead atoms. The Morgan fingerprint density at radius 3 is 2.44 bits per heavy atom. The van der Waals surface area contributed by atoms with Crippen LogP contribution in [0.3, 0.4) is 0 Å².